The zero-order valence-corrected chi connectivity index (χ0v) is 39.6. The number of benzene rings is 2. The Morgan fingerprint density at radius 3 is 2.45 bits per heavy atom. The summed E-state index contributed by atoms with van der Waals surface area (Å²) >= 11 is 0. The van der Waals surface area contributed by atoms with Gasteiger partial charge in [0.2, 0.25) is 17.7 Å². The van der Waals surface area contributed by atoms with E-state index in [9.17, 15) is 29.1 Å². The van der Waals surface area contributed by atoms with Crippen LogP contribution >= 0.6 is 0 Å². The summed E-state index contributed by atoms with van der Waals surface area (Å²) in [5.41, 5.74) is 9.86. The van der Waals surface area contributed by atoms with Gasteiger partial charge >= 0.3 is 5.97 Å². The van der Waals surface area contributed by atoms with Crippen molar-refractivity contribution in [3.05, 3.63) is 71.5 Å². The predicted octanol–water partition coefficient (Wildman–Crippen LogP) is 5.00. The van der Waals surface area contributed by atoms with E-state index in [-0.39, 0.29) is 49.2 Å². The number of amides is 4. The van der Waals surface area contributed by atoms with Crippen molar-refractivity contribution in [1.29, 1.82) is 0 Å². The molecule has 0 unspecified atom stereocenters. The van der Waals surface area contributed by atoms with Gasteiger partial charge in [0.25, 0.3) is 5.91 Å². The molecule has 15 heteroatoms. The Hall–Kier alpha value is -5.80. The molecule has 0 radical (unpaired) electrons. The third-order valence-corrected chi connectivity index (χ3v) is 13.3. The fraction of sp³-hybridized carbons (Fsp3) is 0.520. The summed E-state index contributed by atoms with van der Waals surface area (Å²) in [7, 11) is 3.09. The molecule has 3 aliphatic rings. The Balaban J connectivity index is 1.28. The number of nitrogens with zero attached hydrogens (tertiary/aromatic N) is 5. The van der Waals surface area contributed by atoms with Crippen molar-refractivity contribution in [1.82, 2.24) is 40.4 Å². The molecular weight excluding hydrogens is 825 g/mol. The zero-order valence-electron chi connectivity index (χ0n) is 39.6. The number of pyridine rings is 1. The minimum absolute atomic E-state index is 0.00612. The number of hydrogen-bond acceptors (Lipinski definition) is 10. The number of cyclic esters (lactones) is 1. The number of rotatable bonds is 10. The van der Waals surface area contributed by atoms with Gasteiger partial charge in [-0.1, -0.05) is 46.8 Å². The monoisotopic (exact) mass is 891 g/mol. The molecule has 348 valence electrons. The van der Waals surface area contributed by atoms with E-state index in [4.69, 9.17) is 4.74 Å². The first kappa shape index (κ1) is 47.2. The number of fused-ring (bicyclic) bond motifs is 6. The molecule has 4 N–H and O–H groups in total. The lowest BCUT2D eigenvalue weighted by molar-refractivity contribution is -0.155. The van der Waals surface area contributed by atoms with Crippen molar-refractivity contribution in [3.63, 3.8) is 0 Å². The molecule has 0 aliphatic carbocycles. The van der Waals surface area contributed by atoms with Crippen LogP contribution in [-0.4, -0.2) is 123 Å². The number of aromatic nitrogens is 2. The number of phenolic OH excluding ortho intramolecular Hbond substituents is 1. The average Bonchev–Trinajstić information content (AvgIpc) is 3.81. The van der Waals surface area contributed by atoms with Gasteiger partial charge in [-0.2, -0.15) is 0 Å². The maximum atomic E-state index is 14.7. The third-order valence-electron chi connectivity index (χ3n) is 13.3. The summed E-state index contributed by atoms with van der Waals surface area (Å²) in [5, 5.41) is 19.8. The smallest absolute Gasteiger partial charge is 0.324 e. The second-order valence-electron chi connectivity index (χ2n) is 19.8. The van der Waals surface area contributed by atoms with Gasteiger partial charge in [-0.15, -0.1) is 0 Å². The highest BCUT2D eigenvalue weighted by Gasteiger charge is 2.51. The lowest BCUT2D eigenvalue weighted by Crippen LogP contribution is -2.62. The van der Waals surface area contributed by atoms with Gasteiger partial charge in [-0.3, -0.25) is 39.3 Å². The number of esters is 1. The summed E-state index contributed by atoms with van der Waals surface area (Å²) in [5.74, 6) is -2.54. The van der Waals surface area contributed by atoms with Crippen LogP contribution in [0.5, 0.6) is 5.75 Å². The molecule has 4 amide bonds. The number of ether oxygens (including phenoxy) is 1. The van der Waals surface area contributed by atoms with Gasteiger partial charge < -0.3 is 29.5 Å². The number of aryl methyl sites for hydroxylation is 2. The van der Waals surface area contributed by atoms with E-state index in [0.29, 0.717) is 31.4 Å². The van der Waals surface area contributed by atoms with Crippen LogP contribution in [0.3, 0.4) is 0 Å². The lowest BCUT2D eigenvalue weighted by Gasteiger charge is -2.37. The Morgan fingerprint density at radius 1 is 1.03 bits per heavy atom. The highest BCUT2D eigenvalue weighted by molar-refractivity contribution is 5.96. The number of carbonyl (C=O) groups is 5. The lowest BCUT2D eigenvalue weighted by atomic mass is 9.84. The summed E-state index contributed by atoms with van der Waals surface area (Å²) < 4.78 is 8.41. The van der Waals surface area contributed by atoms with E-state index in [0.717, 1.165) is 45.3 Å². The molecule has 0 spiro atoms. The molecule has 3 aliphatic heterocycles. The topological polar surface area (TPSA) is 188 Å². The van der Waals surface area contributed by atoms with Crippen LogP contribution in [0, 0.1) is 11.3 Å². The minimum Gasteiger partial charge on any atom is -0.508 e. The van der Waals surface area contributed by atoms with Gasteiger partial charge in [-0.25, -0.2) is 5.43 Å². The SMILES string of the molecule is CCc1ccncc1-c1c2c3cc(ccc3n1CC)-c1cc(O)cc(c1)C[C@H](NC(=O)[C@H](C(C)C)N(C)C(=O)CN(C)C(=O)[C@H]1NC1(C)C)C(=O)N1CCC[C@H](N1)C(=O)OCC(C)(C)C2. The Bertz CT molecular complexity index is 2490. The van der Waals surface area contributed by atoms with E-state index in [1.165, 1.54) is 27.4 Å². The molecule has 7 rings (SSSR count). The Morgan fingerprint density at radius 2 is 1.77 bits per heavy atom. The van der Waals surface area contributed by atoms with Crippen molar-refractivity contribution in [2.24, 2.45) is 11.3 Å². The van der Waals surface area contributed by atoms with Crippen molar-refractivity contribution in [2.45, 2.75) is 124 Å². The van der Waals surface area contributed by atoms with Crippen molar-refractivity contribution in [2.75, 3.05) is 33.8 Å². The molecule has 2 aromatic carbocycles. The number of hydrazine groups is 1. The van der Waals surface area contributed by atoms with Crippen LogP contribution in [0.4, 0.5) is 0 Å². The first-order valence-electron chi connectivity index (χ1n) is 23.0. The van der Waals surface area contributed by atoms with Crippen molar-refractivity contribution in [3.8, 4) is 28.1 Å². The Kier molecular flexibility index (Phi) is 13.5. The van der Waals surface area contributed by atoms with Gasteiger partial charge in [-0.05, 0) is 111 Å². The largest absolute Gasteiger partial charge is 0.508 e. The number of likely N-dealkylation sites (N-methyl/N-ethyl adjacent to an activating group) is 2. The van der Waals surface area contributed by atoms with E-state index in [1.54, 1.807) is 19.2 Å². The minimum atomic E-state index is -1.17. The maximum absolute atomic E-state index is 14.7. The van der Waals surface area contributed by atoms with Crippen LogP contribution in [0.2, 0.25) is 0 Å². The van der Waals surface area contributed by atoms with Crippen molar-refractivity contribution < 1.29 is 33.8 Å². The molecule has 65 heavy (non-hydrogen) atoms. The zero-order chi connectivity index (χ0) is 47.1. The first-order chi connectivity index (χ1) is 30.7. The number of phenols is 1. The molecule has 6 bridgehead atoms. The van der Waals surface area contributed by atoms with E-state index >= 15 is 0 Å². The number of hydrogen-bond donors (Lipinski definition) is 4. The second-order valence-corrected chi connectivity index (χ2v) is 19.8. The van der Waals surface area contributed by atoms with E-state index in [1.807, 2.05) is 52.2 Å². The second kappa shape index (κ2) is 18.6. The molecule has 4 atom stereocenters. The number of aromatic hydroxyl groups is 1. The number of nitrogens with one attached hydrogen (secondary N) is 3. The molecule has 2 aromatic heterocycles. The van der Waals surface area contributed by atoms with Crippen molar-refractivity contribution >= 4 is 40.5 Å². The molecule has 2 fully saturated rings. The summed E-state index contributed by atoms with van der Waals surface area (Å²) in [6.07, 6.45) is 6.10. The summed E-state index contributed by atoms with van der Waals surface area (Å²) in [4.78, 5) is 77.0. The fourth-order valence-corrected chi connectivity index (χ4v) is 9.61. The van der Waals surface area contributed by atoms with Crippen LogP contribution in [0.1, 0.15) is 84.9 Å². The fourth-order valence-electron chi connectivity index (χ4n) is 9.61. The maximum Gasteiger partial charge on any atom is 0.324 e. The molecule has 0 saturated carbocycles. The quantitative estimate of drug-likeness (QED) is 0.125. The van der Waals surface area contributed by atoms with Gasteiger partial charge in [0.05, 0.1) is 18.8 Å². The summed E-state index contributed by atoms with van der Waals surface area (Å²) in [6, 6.07) is 10.2. The summed E-state index contributed by atoms with van der Waals surface area (Å²) in [6.45, 7) is 16.8. The van der Waals surface area contributed by atoms with Gasteiger partial charge in [0.1, 0.15) is 29.9 Å². The van der Waals surface area contributed by atoms with Crippen LogP contribution < -0.4 is 16.1 Å². The Labute approximate surface area is 382 Å². The normalized spacial score (nSPS) is 21.0. The highest BCUT2D eigenvalue weighted by Crippen LogP contribution is 2.41. The van der Waals surface area contributed by atoms with E-state index < -0.39 is 53.3 Å². The standard InChI is InChI=1S/C50H66N8O7/c1-11-31-17-18-51-26-37(31)43-36-25-49(5,6)28-65-48(64)38-14-13-19-58(54-38)46(62)39(22-30-20-33(23-34(59)21-30)32-15-16-40(35(36)24-32)57(43)12-2)52-45(61)42(29(3)4)56(10)41(60)27-55(9)47(63)44-50(7,8)53-44/h15-18,20-21,23-24,26,29,38-39,42,44,53-54,59H,11-14,19,22,25,27-28H2,1-10H3,(H,52,61)/t38-,39-,42-,44+/m0/s1. The average molecular weight is 891 g/mol. The molecule has 15 nitrogen and oxygen atoms in total. The first-order valence-corrected chi connectivity index (χ1v) is 23.0. The molecular formula is C50H66N8O7. The van der Waals surface area contributed by atoms with E-state index in [2.05, 4.69) is 71.5 Å². The predicted molar refractivity (Wildman–Crippen MR) is 249 cm³/mol. The highest BCUT2D eigenvalue weighted by atomic mass is 16.5. The van der Waals surface area contributed by atoms with Crippen LogP contribution in [0.25, 0.3) is 33.3 Å². The molecule has 5 heterocycles. The van der Waals surface area contributed by atoms with Gasteiger partial charge in [0.15, 0.2) is 0 Å². The van der Waals surface area contributed by atoms with Crippen LogP contribution in [0.15, 0.2) is 54.9 Å². The third kappa shape index (κ3) is 9.91. The number of carbonyl (C=O) groups excluding carboxylic acids is 5. The van der Waals surface area contributed by atoms with Crippen LogP contribution in [-0.2, 0) is 54.5 Å². The molecule has 4 aromatic rings. The molecule has 2 saturated heterocycles. The van der Waals surface area contributed by atoms with Gasteiger partial charge in [0, 0.05) is 73.4 Å².